The Hall–Kier alpha value is -0.570. The number of benzene rings is 1. The number of hydrogen-bond donors (Lipinski definition) is 2. The summed E-state index contributed by atoms with van der Waals surface area (Å²) < 4.78 is 0. The Labute approximate surface area is 97.9 Å². The number of aliphatic hydroxyl groups is 1. The topological polar surface area (TPSA) is 46.2 Å². The van der Waals surface area contributed by atoms with E-state index in [1.807, 2.05) is 19.1 Å². The third kappa shape index (κ3) is 3.49. The molecule has 0 amide bonds. The van der Waals surface area contributed by atoms with E-state index in [2.05, 4.69) is 19.9 Å². The van der Waals surface area contributed by atoms with Crippen molar-refractivity contribution >= 4 is 12.4 Å². The number of nitrogens with two attached hydrogens (primary N) is 1. The molecule has 2 atom stereocenters. The second kappa shape index (κ2) is 6.11. The molecule has 0 spiro atoms. The zero-order valence-corrected chi connectivity index (χ0v) is 10.3. The lowest BCUT2D eigenvalue weighted by Crippen LogP contribution is -2.25. The molecule has 86 valence electrons. The molecule has 0 aliphatic rings. The van der Waals surface area contributed by atoms with Crippen LogP contribution < -0.4 is 5.73 Å². The fraction of sp³-hybridized carbons (Fsp3) is 0.500. The van der Waals surface area contributed by atoms with Crippen LogP contribution in [-0.4, -0.2) is 11.2 Å². The van der Waals surface area contributed by atoms with Gasteiger partial charge in [0.05, 0.1) is 12.1 Å². The fourth-order valence-electron chi connectivity index (χ4n) is 1.45. The van der Waals surface area contributed by atoms with Gasteiger partial charge in [0.15, 0.2) is 0 Å². The third-order valence-electron chi connectivity index (χ3n) is 2.75. The highest BCUT2D eigenvalue weighted by molar-refractivity contribution is 5.85. The molecule has 0 aliphatic heterocycles. The number of hydrogen-bond acceptors (Lipinski definition) is 2. The van der Waals surface area contributed by atoms with Crippen molar-refractivity contribution in [3.8, 4) is 0 Å². The van der Waals surface area contributed by atoms with Crippen LogP contribution in [0.4, 0.5) is 0 Å². The zero-order chi connectivity index (χ0) is 10.7. The summed E-state index contributed by atoms with van der Waals surface area (Å²) in [6.07, 6.45) is 0.241. The molecule has 15 heavy (non-hydrogen) atoms. The summed E-state index contributed by atoms with van der Waals surface area (Å²) in [4.78, 5) is 0. The Bertz CT molecular complexity index is 314. The molecular weight excluding hydrogens is 210 g/mol. The number of halogens is 1. The van der Waals surface area contributed by atoms with Gasteiger partial charge in [-0.15, -0.1) is 12.4 Å². The van der Waals surface area contributed by atoms with E-state index in [1.54, 1.807) is 0 Å². The fourth-order valence-corrected chi connectivity index (χ4v) is 1.45. The smallest absolute Gasteiger partial charge is 0.0730 e. The molecule has 0 saturated carbocycles. The lowest BCUT2D eigenvalue weighted by atomic mass is 9.97. The summed E-state index contributed by atoms with van der Waals surface area (Å²) in [5.41, 5.74) is 9.41. The Balaban J connectivity index is 0.00000196. The van der Waals surface area contributed by atoms with Gasteiger partial charge in [-0.25, -0.2) is 0 Å². The minimum atomic E-state index is -0.447. The first-order valence-electron chi connectivity index (χ1n) is 5.07. The van der Waals surface area contributed by atoms with E-state index < -0.39 is 6.10 Å². The Kier molecular flexibility index (Phi) is 5.88. The van der Waals surface area contributed by atoms with Gasteiger partial charge in [0.25, 0.3) is 0 Å². The summed E-state index contributed by atoms with van der Waals surface area (Å²) in [6.45, 7) is 6.07. The molecule has 0 radical (unpaired) electrons. The average Bonchev–Trinajstić information content (AvgIpc) is 2.20. The van der Waals surface area contributed by atoms with Crippen LogP contribution in [0.25, 0.3) is 0 Å². The maximum absolute atomic E-state index is 9.62. The molecule has 3 N–H and O–H groups in total. The summed E-state index contributed by atoms with van der Waals surface area (Å²) >= 11 is 0. The molecule has 0 unspecified atom stereocenters. The summed E-state index contributed by atoms with van der Waals surface area (Å²) in [7, 11) is 0. The molecule has 0 aliphatic carbocycles. The van der Waals surface area contributed by atoms with Crippen molar-refractivity contribution in [2.45, 2.75) is 39.3 Å². The van der Waals surface area contributed by atoms with Crippen LogP contribution in [-0.2, 0) is 0 Å². The third-order valence-corrected chi connectivity index (χ3v) is 2.75. The van der Waals surface area contributed by atoms with Crippen molar-refractivity contribution < 1.29 is 5.11 Å². The minimum absolute atomic E-state index is 0. The molecule has 0 saturated heterocycles. The summed E-state index contributed by atoms with van der Waals surface area (Å²) in [5.74, 6) is 0. The molecule has 1 aromatic rings. The van der Waals surface area contributed by atoms with Gasteiger partial charge < -0.3 is 10.8 Å². The van der Waals surface area contributed by atoms with Crippen LogP contribution in [0.1, 0.15) is 36.1 Å². The van der Waals surface area contributed by atoms with Crippen molar-refractivity contribution in [3.05, 3.63) is 34.9 Å². The highest BCUT2D eigenvalue weighted by Gasteiger charge is 2.14. The summed E-state index contributed by atoms with van der Waals surface area (Å²) in [5, 5.41) is 9.62. The lowest BCUT2D eigenvalue weighted by molar-refractivity contribution is 0.140. The molecule has 1 aromatic carbocycles. The quantitative estimate of drug-likeness (QED) is 0.837. The SMILES string of the molecule is CC[C@@H](O)[C@@H](N)c1ccc(C)c(C)c1.Cl. The zero-order valence-electron chi connectivity index (χ0n) is 9.53. The highest BCUT2D eigenvalue weighted by atomic mass is 35.5. The van der Waals surface area contributed by atoms with Gasteiger partial charge in [0.2, 0.25) is 0 Å². The largest absolute Gasteiger partial charge is 0.391 e. The van der Waals surface area contributed by atoms with Crippen LogP contribution in [0, 0.1) is 13.8 Å². The van der Waals surface area contributed by atoms with Gasteiger partial charge >= 0.3 is 0 Å². The second-order valence-corrected chi connectivity index (χ2v) is 3.85. The van der Waals surface area contributed by atoms with Crippen molar-refractivity contribution in [2.24, 2.45) is 5.73 Å². The number of rotatable bonds is 3. The molecule has 0 fully saturated rings. The van der Waals surface area contributed by atoms with Gasteiger partial charge in [0, 0.05) is 0 Å². The minimum Gasteiger partial charge on any atom is -0.391 e. The van der Waals surface area contributed by atoms with Crippen molar-refractivity contribution in [1.29, 1.82) is 0 Å². The van der Waals surface area contributed by atoms with Crippen LogP contribution in [0.5, 0.6) is 0 Å². The maximum atomic E-state index is 9.62. The van der Waals surface area contributed by atoms with E-state index in [1.165, 1.54) is 11.1 Å². The van der Waals surface area contributed by atoms with E-state index in [0.29, 0.717) is 6.42 Å². The highest BCUT2D eigenvalue weighted by Crippen LogP contribution is 2.19. The molecule has 3 heteroatoms. The predicted octanol–water partition coefficient (Wildman–Crippen LogP) is 2.50. The van der Waals surface area contributed by atoms with Crippen molar-refractivity contribution in [3.63, 3.8) is 0 Å². The van der Waals surface area contributed by atoms with E-state index in [9.17, 15) is 5.11 Å². The maximum Gasteiger partial charge on any atom is 0.0730 e. The second-order valence-electron chi connectivity index (χ2n) is 3.85. The molecule has 0 aromatic heterocycles. The molecule has 1 rings (SSSR count). The van der Waals surface area contributed by atoms with Crippen LogP contribution in [0.3, 0.4) is 0 Å². The first-order chi connectivity index (χ1) is 6.56. The Morgan fingerprint density at radius 1 is 1.27 bits per heavy atom. The molecule has 2 nitrogen and oxygen atoms in total. The van der Waals surface area contributed by atoms with Crippen LogP contribution in [0.15, 0.2) is 18.2 Å². The van der Waals surface area contributed by atoms with Crippen LogP contribution >= 0.6 is 12.4 Å². The number of aryl methyl sites for hydroxylation is 2. The predicted molar refractivity (Wildman–Crippen MR) is 66.4 cm³/mol. The van der Waals surface area contributed by atoms with E-state index in [4.69, 9.17) is 5.73 Å². The normalized spacial score (nSPS) is 14.2. The van der Waals surface area contributed by atoms with E-state index >= 15 is 0 Å². The monoisotopic (exact) mass is 229 g/mol. The lowest BCUT2D eigenvalue weighted by Gasteiger charge is -2.18. The average molecular weight is 230 g/mol. The van der Waals surface area contributed by atoms with Gasteiger partial charge in [-0.1, -0.05) is 25.1 Å². The van der Waals surface area contributed by atoms with Crippen molar-refractivity contribution in [1.82, 2.24) is 0 Å². The molecular formula is C12H20ClNO. The van der Waals surface area contributed by atoms with Gasteiger partial charge in [0.1, 0.15) is 0 Å². The molecule has 0 bridgehead atoms. The number of aliphatic hydroxyl groups excluding tert-OH is 1. The summed E-state index contributed by atoms with van der Waals surface area (Å²) in [6, 6.07) is 5.83. The van der Waals surface area contributed by atoms with Crippen molar-refractivity contribution in [2.75, 3.05) is 0 Å². The Morgan fingerprint density at radius 3 is 2.33 bits per heavy atom. The first-order valence-corrected chi connectivity index (χ1v) is 5.07. The standard InChI is InChI=1S/C12H19NO.ClH/c1-4-11(14)12(13)10-6-5-8(2)9(3)7-10;/h5-7,11-12,14H,4,13H2,1-3H3;1H/t11-,12+;/m1./s1. The molecule has 0 heterocycles. The van der Waals surface area contributed by atoms with Gasteiger partial charge in [-0.3, -0.25) is 0 Å². The van der Waals surface area contributed by atoms with E-state index in [0.717, 1.165) is 5.56 Å². The van der Waals surface area contributed by atoms with Crippen LogP contribution in [0.2, 0.25) is 0 Å². The first kappa shape index (κ1) is 14.4. The van der Waals surface area contributed by atoms with Gasteiger partial charge in [-0.05, 0) is 37.0 Å². The Morgan fingerprint density at radius 2 is 1.87 bits per heavy atom. The van der Waals surface area contributed by atoms with Gasteiger partial charge in [-0.2, -0.15) is 0 Å². The van der Waals surface area contributed by atoms with E-state index in [-0.39, 0.29) is 18.4 Å².